The normalized spacial score (nSPS) is 15.7. The Kier molecular flexibility index (Phi) is 3.72. The molecule has 1 aliphatic rings. The highest BCUT2D eigenvalue weighted by Crippen LogP contribution is 2.27. The molecule has 1 aliphatic heterocycles. The van der Waals surface area contributed by atoms with Crippen molar-refractivity contribution in [2.75, 3.05) is 16.3 Å². The van der Waals surface area contributed by atoms with E-state index in [9.17, 15) is 0 Å². The fourth-order valence-electron chi connectivity index (χ4n) is 3.10. The van der Waals surface area contributed by atoms with Crippen molar-refractivity contribution >= 4 is 25.1 Å². The quantitative estimate of drug-likeness (QED) is 0.760. The molecule has 0 N–H and O–H groups in total. The number of hydrogen-bond donors (Lipinski definition) is 0. The maximum absolute atomic E-state index is 2.49. The van der Waals surface area contributed by atoms with Gasteiger partial charge in [0.2, 0.25) is 13.7 Å². The van der Waals surface area contributed by atoms with Gasteiger partial charge >= 0.3 is 0 Å². The topological polar surface area (TPSA) is 6.48 Å². The fourth-order valence-corrected chi connectivity index (χ4v) is 3.10. The molecule has 0 saturated carbocycles. The van der Waals surface area contributed by atoms with Gasteiger partial charge in [0.15, 0.2) is 0 Å². The first-order chi connectivity index (χ1) is 9.75. The molecule has 0 aromatic heterocycles. The van der Waals surface area contributed by atoms with Crippen LogP contribution in [-0.2, 0) is 0 Å². The summed E-state index contributed by atoms with van der Waals surface area (Å²) in [5.41, 5.74) is 2.63. The predicted molar refractivity (Wildman–Crippen MR) is 90.8 cm³/mol. The van der Waals surface area contributed by atoms with Crippen LogP contribution in [0.25, 0.3) is 0 Å². The van der Waals surface area contributed by atoms with E-state index in [0.717, 1.165) is 6.67 Å². The van der Waals surface area contributed by atoms with Crippen molar-refractivity contribution in [1.29, 1.82) is 0 Å². The van der Waals surface area contributed by atoms with E-state index >= 15 is 0 Å². The third-order valence-corrected chi connectivity index (χ3v) is 4.23. The molecular formula is C16H20B2N2. The summed E-state index contributed by atoms with van der Waals surface area (Å²) in [4.78, 5) is 4.99. The fraction of sp³-hybridized carbons (Fsp3) is 0.250. The van der Waals surface area contributed by atoms with Crippen LogP contribution in [0.2, 0.25) is 19.9 Å². The predicted octanol–water partition coefficient (Wildman–Crippen LogP) is 3.75. The van der Waals surface area contributed by atoms with Crippen LogP contribution in [0.1, 0.15) is 0 Å². The average molecular weight is 262 g/mol. The van der Waals surface area contributed by atoms with Gasteiger partial charge in [0.05, 0.1) is 6.67 Å². The molecule has 4 heteroatoms. The molecule has 2 aromatic carbocycles. The van der Waals surface area contributed by atoms with E-state index in [4.69, 9.17) is 0 Å². The Morgan fingerprint density at radius 1 is 0.700 bits per heavy atom. The van der Waals surface area contributed by atoms with Gasteiger partial charge in [0.25, 0.3) is 0 Å². The smallest absolute Gasteiger partial charge is 0.248 e. The standard InChI is InChI=1S/C16H20B2N2/c1-17-13-18(2)20(16-11-7-4-8-12-16)14-19(17)15-9-5-3-6-10-15/h3-12H,13-14H2,1-2H3. The van der Waals surface area contributed by atoms with Gasteiger partial charge < -0.3 is 9.62 Å². The molecule has 0 amide bonds. The van der Waals surface area contributed by atoms with E-state index in [2.05, 4.69) is 83.9 Å². The van der Waals surface area contributed by atoms with Crippen LogP contribution in [0.4, 0.5) is 11.4 Å². The van der Waals surface area contributed by atoms with Gasteiger partial charge in [-0.2, -0.15) is 0 Å². The van der Waals surface area contributed by atoms with Gasteiger partial charge in [0, 0.05) is 11.4 Å². The molecule has 0 spiro atoms. The van der Waals surface area contributed by atoms with E-state index in [0.29, 0.717) is 13.7 Å². The Morgan fingerprint density at radius 3 is 1.50 bits per heavy atom. The third kappa shape index (κ3) is 2.55. The van der Waals surface area contributed by atoms with Crippen molar-refractivity contribution < 1.29 is 0 Å². The van der Waals surface area contributed by atoms with E-state index in [1.54, 1.807) is 0 Å². The van der Waals surface area contributed by atoms with Crippen LogP contribution in [0.3, 0.4) is 0 Å². The van der Waals surface area contributed by atoms with Gasteiger partial charge in [-0.1, -0.05) is 56.3 Å². The SMILES string of the molecule is CB1CB(C)N(c2ccccc2)CN1c1ccccc1. The van der Waals surface area contributed by atoms with Gasteiger partial charge in [-0.15, -0.1) is 0 Å². The summed E-state index contributed by atoms with van der Waals surface area (Å²) in [7, 11) is 0. The second kappa shape index (κ2) is 5.66. The first-order valence-electron chi connectivity index (χ1n) is 7.39. The number of anilines is 2. The lowest BCUT2D eigenvalue weighted by Crippen LogP contribution is -2.58. The Balaban J connectivity index is 1.87. The summed E-state index contributed by atoms with van der Waals surface area (Å²) in [6, 6.07) is 21.4. The monoisotopic (exact) mass is 262 g/mol. The molecule has 2 nitrogen and oxygen atoms in total. The molecule has 20 heavy (non-hydrogen) atoms. The van der Waals surface area contributed by atoms with Crippen molar-refractivity contribution in [3.63, 3.8) is 0 Å². The van der Waals surface area contributed by atoms with Crippen LogP contribution in [-0.4, -0.2) is 20.4 Å². The molecule has 1 heterocycles. The highest BCUT2D eigenvalue weighted by Gasteiger charge is 2.33. The minimum atomic E-state index is 0.576. The summed E-state index contributed by atoms with van der Waals surface area (Å²) in [6.07, 6.45) is 1.18. The molecule has 0 aliphatic carbocycles. The summed E-state index contributed by atoms with van der Waals surface area (Å²) >= 11 is 0. The minimum absolute atomic E-state index is 0.576. The molecule has 0 unspecified atom stereocenters. The molecule has 0 atom stereocenters. The van der Waals surface area contributed by atoms with E-state index in [1.807, 2.05) is 0 Å². The first-order valence-corrected chi connectivity index (χ1v) is 7.39. The molecule has 0 radical (unpaired) electrons. The van der Waals surface area contributed by atoms with Crippen molar-refractivity contribution in [2.45, 2.75) is 19.9 Å². The maximum Gasteiger partial charge on any atom is 0.248 e. The third-order valence-electron chi connectivity index (χ3n) is 4.23. The van der Waals surface area contributed by atoms with Crippen LogP contribution in [0.5, 0.6) is 0 Å². The van der Waals surface area contributed by atoms with Crippen LogP contribution in [0, 0.1) is 0 Å². The lowest BCUT2D eigenvalue weighted by molar-refractivity contribution is 0.965. The summed E-state index contributed by atoms with van der Waals surface area (Å²) < 4.78 is 0. The largest absolute Gasteiger partial charge is 0.401 e. The second-order valence-electron chi connectivity index (χ2n) is 5.69. The molecule has 2 aromatic rings. The van der Waals surface area contributed by atoms with E-state index < -0.39 is 0 Å². The second-order valence-corrected chi connectivity index (χ2v) is 5.69. The zero-order valence-electron chi connectivity index (χ0n) is 12.2. The molecule has 3 rings (SSSR count). The average Bonchev–Trinajstić information content (AvgIpc) is 2.49. The number of rotatable bonds is 2. The van der Waals surface area contributed by atoms with E-state index in [-0.39, 0.29) is 0 Å². The summed E-state index contributed by atoms with van der Waals surface area (Å²) in [6.45, 7) is 6.76. The lowest BCUT2D eigenvalue weighted by Gasteiger charge is -2.44. The van der Waals surface area contributed by atoms with Crippen molar-refractivity contribution in [1.82, 2.24) is 0 Å². The number of hydrogen-bond acceptors (Lipinski definition) is 2. The van der Waals surface area contributed by atoms with Crippen molar-refractivity contribution in [3.05, 3.63) is 60.7 Å². The van der Waals surface area contributed by atoms with Gasteiger partial charge in [-0.3, -0.25) is 0 Å². The zero-order chi connectivity index (χ0) is 13.9. The number of benzene rings is 2. The summed E-state index contributed by atoms with van der Waals surface area (Å²) in [5.74, 6) is 0. The Bertz CT molecular complexity index is 497. The first kappa shape index (κ1) is 13.2. The number of nitrogens with zero attached hydrogens (tertiary/aromatic N) is 2. The molecule has 1 fully saturated rings. The van der Waals surface area contributed by atoms with Crippen LogP contribution < -0.4 is 9.62 Å². The van der Waals surface area contributed by atoms with Crippen LogP contribution >= 0.6 is 0 Å². The van der Waals surface area contributed by atoms with Crippen LogP contribution in [0.15, 0.2) is 60.7 Å². The Hall–Kier alpha value is -1.83. The van der Waals surface area contributed by atoms with Gasteiger partial charge in [-0.05, 0) is 24.3 Å². The summed E-state index contributed by atoms with van der Waals surface area (Å²) in [5, 5.41) is 0. The molecule has 100 valence electrons. The van der Waals surface area contributed by atoms with Crippen molar-refractivity contribution in [2.24, 2.45) is 0 Å². The minimum Gasteiger partial charge on any atom is -0.401 e. The highest BCUT2D eigenvalue weighted by molar-refractivity contribution is 6.81. The Morgan fingerprint density at radius 2 is 1.10 bits per heavy atom. The Labute approximate surface area is 122 Å². The molecule has 0 bridgehead atoms. The highest BCUT2D eigenvalue weighted by atomic mass is 15.3. The maximum atomic E-state index is 2.49. The molecular weight excluding hydrogens is 242 g/mol. The zero-order valence-corrected chi connectivity index (χ0v) is 12.2. The molecule has 1 saturated heterocycles. The number of para-hydroxylation sites is 2. The van der Waals surface area contributed by atoms with E-state index in [1.165, 1.54) is 17.6 Å². The lowest BCUT2D eigenvalue weighted by atomic mass is 9.38. The van der Waals surface area contributed by atoms with Crippen molar-refractivity contribution in [3.8, 4) is 0 Å². The van der Waals surface area contributed by atoms with Gasteiger partial charge in [-0.25, -0.2) is 0 Å². The van der Waals surface area contributed by atoms with Gasteiger partial charge in [0.1, 0.15) is 0 Å².